The van der Waals surface area contributed by atoms with E-state index in [2.05, 4.69) is 47.5 Å². The van der Waals surface area contributed by atoms with E-state index in [1.807, 2.05) is 12.1 Å². The lowest BCUT2D eigenvalue weighted by atomic mass is 10.2. The first-order valence-corrected chi connectivity index (χ1v) is 7.61. The summed E-state index contributed by atoms with van der Waals surface area (Å²) in [5.74, 6) is 2.08. The van der Waals surface area contributed by atoms with Crippen LogP contribution >= 0.6 is 0 Å². The molecule has 0 unspecified atom stereocenters. The second kappa shape index (κ2) is 8.37. The van der Waals surface area contributed by atoms with Crippen LogP contribution in [0.2, 0.25) is 0 Å². The van der Waals surface area contributed by atoms with Crippen molar-refractivity contribution in [2.75, 3.05) is 26.2 Å². The van der Waals surface area contributed by atoms with Gasteiger partial charge in [-0.3, -0.25) is 0 Å². The maximum atomic E-state index is 5.50. The molecule has 0 aromatic heterocycles. The highest BCUT2D eigenvalue weighted by Gasteiger charge is 2.15. The Bertz CT molecular complexity index is 479. The van der Waals surface area contributed by atoms with E-state index in [0.29, 0.717) is 13.2 Å². The maximum absolute atomic E-state index is 5.50. The van der Waals surface area contributed by atoms with E-state index in [9.17, 15) is 0 Å². The third-order valence-corrected chi connectivity index (χ3v) is 3.34. The maximum Gasteiger partial charge on any atom is 0.119 e. The number of nitrogens with two attached hydrogens (primary N) is 1. The van der Waals surface area contributed by atoms with Crippen molar-refractivity contribution < 1.29 is 4.74 Å². The normalized spacial score (nSPS) is 16.7. The lowest BCUT2D eigenvalue weighted by molar-refractivity contribution is 0.328. The minimum absolute atomic E-state index is 0.542. The van der Waals surface area contributed by atoms with E-state index >= 15 is 0 Å². The molecule has 3 N–H and O–H groups in total. The average Bonchev–Trinajstić information content (AvgIpc) is 2.94. The quantitative estimate of drug-likeness (QED) is 0.807. The molecule has 1 aromatic carbocycles. The van der Waals surface area contributed by atoms with E-state index in [1.54, 1.807) is 0 Å². The highest BCUT2D eigenvalue weighted by molar-refractivity contribution is 5.28. The van der Waals surface area contributed by atoms with Gasteiger partial charge in [0.25, 0.3) is 0 Å². The van der Waals surface area contributed by atoms with Gasteiger partial charge in [0.05, 0.1) is 0 Å². The van der Waals surface area contributed by atoms with E-state index in [4.69, 9.17) is 10.5 Å². The topological polar surface area (TPSA) is 50.5 Å². The van der Waals surface area contributed by atoms with Crippen LogP contribution in [0.3, 0.4) is 0 Å². The minimum atomic E-state index is 0.542. The number of hydrogen-bond donors (Lipinski definition) is 2. The number of benzene rings is 1. The molecule has 114 valence electrons. The third-order valence-electron chi connectivity index (χ3n) is 3.34. The molecule has 21 heavy (non-hydrogen) atoms. The molecule has 0 spiro atoms. The largest absolute Gasteiger partial charge is 0.492 e. The van der Waals surface area contributed by atoms with Crippen LogP contribution in [-0.4, -0.2) is 31.1 Å². The van der Waals surface area contributed by atoms with Crippen molar-refractivity contribution in [1.29, 1.82) is 0 Å². The van der Waals surface area contributed by atoms with Crippen LogP contribution in [0, 0.1) is 0 Å². The molecule has 1 aliphatic rings. The molecule has 2 rings (SSSR count). The van der Waals surface area contributed by atoms with Crippen LogP contribution in [0.25, 0.3) is 0 Å². The Morgan fingerprint density at radius 1 is 1.33 bits per heavy atom. The van der Waals surface area contributed by atoms with Crippen LogP contribution in [0.1, 0.15) is 18.9 Å². The molecular weight excluding hydrogens is 262 g/mol. The van der Waals surface area contributed by atoms with E-state index in [1.165, 1.54) is 11.4 Å². The van der Waals surface area contributed by atoms with Gasteiger partial charge >= 0.3 is 0 Å². The van der Waals surface area contributed by atoms with Gasteiger partial charge in [-0.2, -0.15) is 0 Å². The lowest BCUT2D eigenvalue weighted by Crippen LogP contribution is -2.19. The molecule has 1 fully saturated rings. The SMILES string of the molecule is CC/C=C/C=C1\NCCN1Cc1ccc(OCCN)cc1. The van der Waals surface area contributed by atoms with Crippen LogP contribution in [0.4, 0.5) is 0 Å². The number of rotatable bonds is 7. The Hall–Kier alpha value is -1.94. The molecular formula is C17H25N3O. The lowest BCUT2D eigenvalue weighted by Gasteiger charge is -2.19. The van der Waals surface area contributed by atoms with Gasteiger partial charge in [-0.15, -0.1) is 0 Å². The second-order valence-corrected chi connectivity index (χ2v) is 5.02. The summed E-state index contributed by atoms with van der Waals surface area (Å²) >= 11 is 0. The fourth-order valence-corrected chi connectivity index (χ4v) is 2.26. The molecule has 4 heteroatoms. The second-order valence-electron chi connectivity index (χ2n) is 5.02. The van der Waals surface area contributed by atoms with Gasteiger partial charge < -0.3 is 20.7 Å². The van der Waals surface area contributed by atoms with Crippen molar-refractivity contribution in [3.63, 3.8) is 0 Å². The average molecular weight is 287 g/mol. The van der Waals surface area contributed by atoms with Crippen molar-refractivity contribution in [1.82, 2.24) is 10.2 Å². The summed E-state index contributed by atoms with van der Waals surface area (Å²) in [4.78, 5) is 2.36. The van der Waals surface area contributed by atoms with Crippen molar-refractivity contribution >= 4 is 0 Å². The van der Waals surface area contributed by atoms with Gasteiger partial charge in [-0.1, -0.05) is 31.2 Å². The van der Waals surface area contributed by atoms with Gasteiger partial charge in [-0.25, -0.2) is 0 Å². The molecule has 1 heterocycles. The highest BCUT2D eigenvalue weighted by atomic mass is 16.5. The monoisotopic (exact) mass is 287 g/mol. The standard InChI is InChI=1S/C17H25N3O/c1-2-3-4-5-17-19-11-12-20(17)14-15-6-8-16(9-7-15)21-13-10-18/h3-9,19H,2,10-14,18H2,1H3/b4-3+,17-5+. The van der Waals surface area contributed by atoms with Gasteiger partial charge in [0, 0.05) is 26.2 Å². The summed E-state index contributed by atoms with van der Waals surface area (Å²) in [6, 6.07) is 8.25. The fraction of sp³-hybridized carbons (Fsp3) is 0.412. The Labute approximate surface area is 127 Å². The minimum Gasteiger partial charge on any atom is -0.492 e. The van der Waals surface area contributed by atoms with Crippen LogP contribution in [-0.2, 0) is 6.54 Å². The Balaban J connectivity index is 1.94. The summed E-state index contributed by atoms with van der Waals surface area (Å²) in [6.07, 6.45) is 7.49. The predicted molar refractivity (Wildman–Crippen MR) is 86.9 cm³/mol. The number of nitrogens with zero attached hydrogens (tertiary/aromatic N) is 1. The molecule has 1 aromatic rings. The summed E-state index contributed by atoms with van der Waals surface area (Å²) in [5, 5.41) is 3.42. The summed E-state index contributed by atoms with van der Waals surface area (Å²) in [6.45, 7) is 6.20. The van der Waals surface area contributed by atoms with Gasteiger partial charge in [0.15, 0.2) is 0 Å². The molecule has 0 aliphatic carbocycles. The number of hydrogen-bond acceptors (Lipinski definition) is 4. The predicted octanol–water partition coefficient (Wildman–Crippen LogP) is 2.24. The first kappa shape index (κ1) is 15.4. The van der Waals surface area contributed by atoms with E-state index in [-0.39, 0.29) is 0 Å². The van der Waals surface area contributed by atoms with Crippen LogP contribution in [0.5, 0.6) is 5.75 Å². The zero-order valence-electron chi connectivity index (χ0n) is 12.7. The summed E-state index contributed by atoms with van der Waals surface area (Å²) < 4.78 is 5.50. The molecule has 0 saturated carbocycles. The van der Waals surface area contributed by atoms with Crippen molar-refractivity contribution in [2.45, 2.75) is 19.9 Å². The molecule has 4 nitrogen and oxygen atoms in total. The Morgan fingerprint density at radius 2 is 2.14 bits per heavy atom. The van der Waals surface area contributed by atoms with Crippen LogP contribution < -0.4 is 15.8 Å². The molecule has 0 radical (unpaired) electrons. The number of allylic oxidation sites excluding steroid dienone is 3. The first-order valence-electron chi connectivity index (χ1n) is 7.61. The number of ether oxygens (including phenoxy) is 1. The highest BCUT2D eigenvalue weighted by Crippen LogP contribution is 2.17. The van der Waals surface area contributed by atoms with Crippen molar-refractivity contribution in [3.05, 3.63) is 53.9 Å². The first-order chi connectivity index (χ1) is 10.3. The zero-order valence-corrected chi connectivity index (χ0v) is 12.7. The molecule has 0 bridgehead atoms. The zero-order chi connectivity index (χ0) is 14.9. The van der Waals surface area contributed by atoms with Crippen molar-refractivity contribution in [3.8, 4) is 5.75 Å². The van der Waals surface area contributed by atoms with Crippen LogP contribution in [0.15, 0.2) is 48.3 Å². The van der Waals surface area contributed by atoms with Gasteiger partial charge in [-0.05, 0) is 30.2 Å². The van der Waals surface area contributed by atoms with E-state index < -0.39 is 0 Å². The molecule has 0 atom stereocenters. The summed E-state index contributed by atoms with van der Waals surface area (Å²) in [7, 11) is 0. The molecule has 1 saturated heterocycles. The smallest absolute Gasteiger partial charge is 0.119 e. The molecule has 1 aliphatic heterocycles. The Morgan fingerprint density at radius 3 is 2.86 bits per heavy atom. The third kappa shape index (κ3) is 4.83. The fourth-order valence-electron chi connectivity index (χ4n) is 2.26. The number of nitrogens with one attached hydrogen (secondary N) is 1. The van der Waals surface area contributed by atoms with Gasteiger partial charge in [0.1, 0.15) is 18.2 Å². The van der Waals surface area contributed by atoms with E-state index in [0.717, 1.165) is 31.8 Å². The molecule has 0 amide bonds. The summed E-state index contributed by atoms with van der Waals surface area (Å²) in [5.41, 5.74) is 6.71. The Kier molecular flexibility index (Phi) is 6.16. The van der Waals surface area contributed by atoms with Crippen molar-refractivity contribution in [2.24, 2.45) is 5.73 Å². The van der Waals surface area contributed by atoms with Gasteiger partial charge in [0.2, 0.25) is 0 Å².